The molecule has 0 aromatic rings. The first-order chi connectivity index (χ1) is 49.1. The first kappa shape index (κ1) is 121. The van der Waals surface area contributed by atoms with Crippen molar-refractivity contribution in [2.24, 2.45) is 0 Å². The number of hydrogen-bond donors (Lipinski definition) is 0. The average molecular weight is 1420 g/mol. The lowest BCUT2D eigenvalue weighted by atomic mass is 10.1. The molecule has 0 spiro atoms. The van der Waals surface area contributed by atoms with Crippen molar-refractivity contribution in [3.05, 3.63) is 0 Å². The quantitative estimate of drug-likeness (QED) is 0.0533. The second kappa shape index (κ2) is 149. The van der Waals surface area contributed by atoms with Crippen LogP contribution in [0.3, 0.4) is 0 Å². The Labute approximate surface area is 648 Å². The van der Waals surface area contributed by atoms with Gasteiger partial charge in [-0.3, -0.25) is 0 Å². The molecule has 0 nitrogen and oxygen atoms in total. The third kappa shape index (κ3) is 188. The minimum atomic E-state index is 1.37. The lowest BCUT2D eigenvalue weighted by Crippen LogP contribution is -1.77. The second-order valence-electron chi connectivity index (χ2n) is 31.2. The maximum atomic E-state index is 2.27. The highest BCUT2D eigenvalue weighted by molar-refractivity contribution is 4.51. The molecule has 0 rings (SSSR count). The molecule has 100 heavy (non-hydrogen) atoms. The molecule has 0 heteroatoms. The number of rotatable bonds is 70. The Morgan fingerprint density at radius 2 is 0.0800 bits per heavy atom. The van der Waals surface area contributed by atoms with Crippen molar-refractivity contribution in [3.8, 4) is 0 Å². The molecule has 0 unspecified atom stereocenters. The van der Waals surface area contributed by atoms with Crippen molar-refractivity contribution < 1.29 is 0 Å². The molecule has 0 N–H and O–H groups in total. The largest absolute Gasteiger partial charge is 0.0654 e. The predicted octanol–water partition coefficient (Wildman–Crippen LogP) is 41.5. The van der Waals surface area contributed by atoms with E-state index in [9.17, 15) is 0 Å². The van der Waals surface area contributed by atoms with Gasteiger partial charge in [0.1, 0.15) is 0 Å². The normalized spacial score (nSPS) is 10.2. The molecule has 0 heterocycles. The van der Waals surface area contributed by atoms with E-state index >= 15 is 0 Å². The Morgan fingerprint density at radius 3 is 0.110 bits per heavy atom. The summed E-state index contributed by atoms with van der Waals surface area (Å²) < 4.78 is 0. The molecule has 0 aliphatic carbocycles. The van der Waals surface area contributed by atoms with Crippen molar-refractivity contribution in [2.75, 3.05) is 0 Å². The zero-order valence-electron chi connectivity index (χ0n) is 76.6. The minimum Gasteiger partial charge on any atom is -0.0654 e. The van der Waals surface area contributed by atoms with Crippen LogP contribution in [0, 0.1) is 0 Å². The summed E-state index contributed by atoms with van der Waals surface area (Å²) in [6.45, 7) is 45.4. The Morgan fingerprint density at radius 1 is 0.0500 bits per heavy atom. The highest BCUT2D eigenvalue weighted by Gasteiger charge is 1.95. The second-order valence-corrected chi connectivity index (χ2v) is 31.2. The molecule has 620 valence electrons. The summed E-state index contributed by atoms with van der Waals surface area (Å²) in [7, 11) is 0. The van der Waals surface area contributed by atoms with E-state index in [1.165, 1.54) is 514 Å². The maximum Gasteiger partial charge on any atom is -0.0533 e. The van der Waals surface area contributed by atoms with Gasteiger partial charge in [0.2, 0.25) is 0 Å². The van der Waals surface area contributed by atoms with Crippen LogP contribution in [-0.4, -0.2) is 0 Å². The highest BCUT2D eigenvalue weighted by atomic mass is 14.0. The molecule has 0 aliphatic heterocycles. The fourth-order valence-corrected chi connectivity index (χ4v) is 12.1. The summed E-state index contributed by atoms with van der Waals surface area (Å²) in [5.74, 6) is 0. The monoisotopic (exact) mass is 1420 g/mol. The number of hydrogen-bond acceptors (Lipinski definition) is 0. The summed E-state index contributed by atoms with van der Waals surface area (Å²) in [4.78, 5) is 0. The van der Waals surface area contributed by atoms with Crippen LogP contribution < -0.4 is 0 Å². The van der Waals surface area contributed by atoms with Crippen molar-refractivity contribution in [3.63, 3.8) is 0 Å². The Hall–Kier alpha value is 0. The third-order valence-corrected chi connectivity index (χ3v) is 19.6. The van der Waals surface area contributed by atoms with Gasteiger partial charge in [-0.2, -0.15) is 0 Å². The van der Waals surface area contributed by atoms with Crippen LogP contribution in [0.5, 0.6) is 0 Å². The first-order valence-corrected chi connectivity index (χ1v) is 49.1. The molecule has 0 saturated carbocycles. The average Bonchev–Trinajstić information content (AvgIpc) is 3.64. The van der Waals surface area contributed by atoms with Gasteiger partial charge < -0.3 is 0 Å². The molecule has 0 aliphatic rings. The minimum absolute atomic E-state index is 1.37. The number of unbranched alkanes of at least 4 members (excludes halogenated alkanes) is 70. The van der Waals surface area contributed by atoms with Gasteiger partial charge in [-0.25, -0.2) is 0 Å². The van der Waals surface area contributed by atoms with Crippen LogP contribution in [0.2, 0.25) is 0 Å². The summed E-state index contributed by atoms with van der Waals surface area (Å²) in [6, 6.07) is 0. The molecule has 0 bridgehead atoms. The zero-order chi connectivity index (χ0) is 76.6. The maximum absolute atomic E-state index is 2.27. The van der Waals surface area contributed by atoms with Crippen molar-refractivity contribution in [1.82, 2.24) is 0 Å². The van der Waals surface area contributed by atoms with Crippen LogP contribution in [0.15, 0.2) is 0 Å². The molecule has 0 amide bonds. The van der Waals surface area contributed by atoms with E-state index in [0.717, 1.165) is 0 Å². The lowest BCUT2D eigenvalue weighted by molar-refractivity contribution is 0.585. The Bertz CT molecular complexity index is 666. The van der Waals surface area contributed by atoms with E-state index in [1.54, 1.807) is 0 Å². The van der Waals surface area contributed by atoms with Gasteiger partial charge in [0, 0.05) is 0 Å². The predicted molar refractivity (Wildman–Crippen MR) is 483 cm³/mol. The van der Waals surface area contributed by atoms with Gasteiger partial charge in [-0.05, 0) is 0 Å². The molecule has 0 aromatic carbocycles. The Balaban J connectivity index is -0.000000112. The van der Waals surface area contributed by atoms with E-state index in [2.05, 4.69) is 138 Å². The summed E-state index contributed by atoms with van der Waals surface area (Å²) in [5.41, 5.74) is 0. The lowest BCUT2D eigenvalue weighted by Gasteiger charge is -1.97. The van der Waals surface area contributed by atoms with Gasteiger partial charge >= 0.3 is 0 Å². The molecule has 0 saturated heterocycles. The standard InChI is InChI=1S/10C10H22/c10*1-3-5-7-9-10-8-6-4-2/h10*3-10H2,1-2H3. The van der Waals surface area contributed by atoms with E-state index in [4.69, 9.17) is 0 Å². The van der Waals surface area contributed by atoms with E-state index in [1.807, 2.05) is 0 Å². The molecule has 0 atom stereocenters. The molecular weight excluding hydrogens is 1200 g/mol. The van der Waals surface area contributed by atoms with Gasteiger partial charge in [-0.15, -0.1) is 0 Å². The summed E-state index contributed by atoms with van der Waals surface area (Å²) in [5, 5.41) is 0. The first-order valence-electron chi connectivity index (χ1n) is 49.1. The van der Waals surface area contributed by atoms with Gasteiger partial charge in [0.25, 0.3) is 0 Å². The Kier molecular flexibility index (Phi) is 180. The van der Waals surface area contributed by atoms with Crippen LogP contribution in [0.4, 0.5) is 0 Å². The molecule has 0 fully saturated rings. The highest BCUT2D eigenvalue weighted by Crippen LogP contribution is 2.15. The van der Waals surface area contributed by atoms with Crippen LogP contribution >= 0.6 is 0 Å². The molecule has 0 radical (unpaired) electrons. The van der Waals surface area contributed by atoms with E-state index < -0.39 is 0 Å². The van der Waals surface area contributed by atoms with Gasteiger partial charge in [0.15, 0.2) is 0 Å². The third-order valence-electron chi connectivity index (χ3n) is 19.6. The van der Waals surface area contributed by atoms with Crippen LogP contribution in [0.25, 0.3) is 0 Å². The van der Waals surface area contributed by atoms with Gasteiger partial charge in [-0.1, -0.05) is 652 Å². The van der Waals surface area contributed by atoms with E-state index in [-0.39, 0.29) is 0 Å². The molecular formula is C100H220. The van der Waals surface area contributed by atoms with Crippen molar-refractivity contribution in [1.29, 1.82) is 0 Å². The summed E-state index contributed by atoms with van der Waals surface area (Å²) >= 11 is 0. The topological polar surface area (TPSA) is 0 Å². The molecule has 0 aromatic heterocycles. The smallest absolute Gasteiger partial charge is 0.0533 e. The zero-order valence-corrected chi connectivity index (χ0v) is 76.6. The fraction of sp³-hybridized carbons (Fsp3) is 1.00. The van der Waals surface area contributed by atoms with Crippen LogP contribution in [0.1, 0.15) is 652 Å². The van der Waals surface area contributed by atoms with Crippen molar-refractivity contribution >= 4 is 0 Å². The van der Waals surface area contributed by atoms with Crippen molar-refractivity contribution in [2.45, 2.75) is 652 Å². The van der Waals surface area contributed by atoms with Gasteiger partial charge in [0.05, 0.1) is 0 Å². The van der Waals surface area contributed by atoms with E-state index in [0.29, 0.717) is 0 Å². The fourth-order valence-electron chi connectivity index (χ4n) is 12.1. The summed E-state index contributed by atoms with van der Waals surface area (Å²) in [6.07, 6.45) is 115. The SMILES string of the molecule is CCCCCCCCCC.CCCCCCCCCC.CCCCCCCCCC.CCCCCCCCCC.CCCCCCCCCC.CCCCCCCCCC.CCCCCCCCCC.CCCCCCCCCC.CCCCCCCCCC.CCCCCCCCCC. The van der Waals surface area contributed by atoms with Crippen LogP contribution in [-0.2, 0) is 0 Å².